The zero-order valence-electron chi connectivity index (χ0n) is 18.9. The number of furan rings is 1. The number of nitrogens with zero attached hydrogens (tertiary/aromatic N) is 1. The molecule has 176 valence electrons. The fraction of sp³-hybridized carbons (Fsp3) is 0.240. The van der Waals surface area contributed by atoms with Gasteiger partial charge in [-0.25, -0.2) is 4.79 Å². The number of hydrogen-bond donors (Lipinski definition) is 2. The minimum Gasteiger partial charge on any atom is -0.490 e. The summed E-state index contributed by atoms with van der Waals surface area (Å²) < 4.78 is 17.5. The number of benzene rings is 2. The van der Waals surface area contributed by atoms with Crippen molar-refractivity contribution in [2.75, 3.05) is 13.2 Å². The number of aromatic amines is 1. The lowest BCUT2D eigenvalue weighted by molar-refractivity contribution is 0.0948. The Balaban J connectivity index is 1.57. The van der Waals surface area contributed by atoms with Crippen LogP contribution in [-0.2, 0) is 13.1 Å². The molecule has 4 rings (SSSR count). The Labute approximate surface area is 194 Å². The van der Waals surface area contributed by atoms with Gasteiger partial charge in [0.2, 0.25) is 0 Å². The van der Waals surface area contributed by atoms with E-state index in [-0.39, 0.29) is 19.0 Å². The molecule has 0 aliphatic carbocycles. The van der Waals surface area contributed by atoms with Crippen LogP contribution in [0.15, 0.2) is 68.8 Å². The zero-order valence-corrected chi connectivity index (χ0v) is 18.9. The summed E-state index contributed by atoms with van der Waals surface area (Å²) in [7, 11) is 0. The molecule has 2 N–H and O–H groups in total. The summed E-state index contributed by atoms with van der Waals surface area (Å²) in [6.07, 6.45) is 1.54. The second-order valence-electron chi connectivity index (χ2n) is 7.49. The average molecular weight is 463 g/mol. The molecule has 0 aliphatic rings. The monoisotopic (exact) mass is 463 g/mol. The second kappa shape index (κ2) is 10.1. The number of carbonyl (C=O) groups excluding carboxylic acids is 1. The van der Waals surface area contributed by atoms with E-state index in [0.717, 1.165) is 4.57 Å². The van der Waals surface area contributed by atoms with Crippen molar-refractivity contribution in [2.45, 2.75) is 26.9 Å². The Kier molecular flexibility index (Phi) is 6.82. The Morgan fingerprint density at radius 2 is 1.74 bits per heavy atom. The summed E-state index contributed by atoms with van der Waals surface area (Å²) in [5.41, 5.74) is 0.555. The summed E-state index contributed by atoms with van der Waals surface area (Å²) in [6.45, 7) is 4.84. The topological polar surface area (TPSA) is 116 Å². The molecule has 0 saturated heterocycles. The van der Waals surface area contributed by atoms with E-state index in [0.29, 0.717) is 52.5 Å². The van der Waals surface area contributed by atoms with Crippen LogP contribution in [0.4, 0.5) is 0 Å². The number of aromatic nitrogens is 2. The third-order valence-corrected chi connectivity index (χ3v) is 5.21. The molecule has 0 aliphatic heterocycles. The van der Waals surface area contributed by atoms with Gasteiger partial charge in [-0.05, 0) is 49.7 Å². The molecule has 9 heteroatoms. The second-order valence-corrected chi connectivity index (χ2v) is 7.49. The zero-order chi connectivity index (χ0) is 24.1. The van der Waals surface area contributed by atoms with Gasteiger partial charge in [0.05, 0.1) is 43.5 Å². The highest BCUT2D eigenvalue weighted by Gasteiger charge is 2.14. The molecule has 1 amide bonds. The van der Waals surface area contributed by atoms with Gasteiger partial charge in [-0.2, -0.15) is 0 Å². The molecule has 2 heterocycles. The maximum atomic E-state index is 13.1. The van der Waals surface area contributed by atoms with E-state index in [1.54, 1.807) is 54.8 Å². The van der Waals surface area contributed by atoms with Crippen molar-refractivity contribution in [3.63, 3.8) is 0 Å². The number of nitrogens with one attached hydrogen (secondary N) is 2. The van der Waals surface area contributed by atoms with Crippen molar-refractivity contribution in [1.82, 2.24) is 14.9 Å². The first-order chi connectivity index (χ1) is 16.5. The maximum absolute atomic E-state index is 13.1. The summed E-state index contributed by atoms with van der Waals surface area (Å²) in [4.78, 5) is 40.9. The van der Waals surface area contributed by atoms with Gasteiger partial charge in [-0.15, -0.1) is 0 Å². The lowest BCUT2D eigenvalue weighted by Gasteiger charge is -2.13. The van der Waals surface area contributed by atoms with Crippen molar-refractivity contribution in [1.29, 1.82) is 0 Å². The van der Waals surface area contributed by atoms with Gasteiger partial charge in [0.25, 0.3) is 11.5 Å². The highest BCUT2D eigenvalue weighted by molar-refractivity contribution is 5.94. The third-order valence-electron chi connectivity index (χ3n) is 5.21. The molecule has 0 spiro atoms. The largest absolute Gasteiger partial charge is 0.490 e. The van der Waals surface area contributed by atoms with Crippen LogP contribution >= 0.6 is 0 Å². The Bertz CT molecular complexity index is 1400. The van der Waals surface area contributed by atoms with Crippen LogP contribution in [0.1, 0.15) is 35.5 Å². The van der Waals surface area contributed by atoms with Crippen LogP contribution in [-0.4, -0.2) is 28.7 Å². The number of ether oxygens (including phenoxy) is 2. The van der Waals surface area contributed by atoms with Crippen LogP contribution in [0.25, 0.3) is 10.9 Å². The average Bonchev–Trinajstić information content (AvgIpc) is 3.36. The van der Waals surface area contributed by atoms with Crippen LogP contribution in [0.3, 0.4) is 0 Å². The Morgan fingerprint density at radius 3 is 2.38 bits per heavy atom. The van der Waals surface area contributed by atoms with Crippen molar-refractivity contribution < 1.29 is 18.7 Å². The standard InChI is InChI=1S/C25H25N3O6/c1-3-32-21-12-19-20(13-22(21)33-4-2)27-25(31)28(24(19)30)15-16-7-9-17(10-8-16)23(29)26-14-18-6-5-11-34-18/h5-13H,3-4,14-15H2,1-2H3,(H,26,29)(H,27,31). The molecule has 34 heavy (non-hydrogen) atoms. The molecule has 0 fully saturated rings. The summed E-state index contributed by atoms with van der Waals surface area (Å²) in [6, 6.07) is 13.4. The van der Waals surface area contributed by atoms with Crippen LogP contribution in [0, 0.1) is 0 Å². The molecular weight excluding hydrogens is 438 g/mol. The molecule has 4 aromatic rings. The molecule has 0 radical (unpaired) electrons. The van der Waals surface area contributed by atoms with Gasteiger partial charge in [0.15, 0.2) is 11.5 Å². The fourth-order valence-electron chi connectivity index (χ4n) is 3.57. The van der Waals surface area contributed by atoms with Crippen LogP contribution in [0.5, 0.6) is 11.5 Å². The minimum atomic E-state index is -0.538. The number of fused-ring (bicyclic) bond motifs is 1. The van der Waals surface area contributed by atoms with E-state index in [2.05, 4.69) is 10.3 Å². The van der Waals surface area contributed by atoms with E-state index in [9.17, 15) is 14.4 Å². The van der Waals surface area contributed by atoms with Gasteiger partial charge in [0, 0.05) is 11.6 Å². The van der Waals surface area contributed by atoms with E-state index < -0.39 is 11.2 Å². The van der Waals surface area contributed by atoms with Crippen LogP contribution < -0.4 is 26.0 Å². The van der Waals surface area contributed by atoms with Crippen molar-refractivity contribution in [3.05, 3.63) is 92.5 Å². The van der Waals surface area contributed by atoms with E-state index in [4.69, 9.17) is 13.9 Å². The minimum absolute atomic E-state index is 0.0512. The fourth-order valence-corrected chi connectivity index (χ4v) is 3.57. The van der Waals surface area contributed by atoms with Gasteiger partial charge in [0.1, 0.15) is 5.76 Å². The number of amides is 1. The van der Waals surface area contributed by atoms with Crippen molar-refractivity contribution >= 4 is 16.8 Å². The predicted molar refractivity (Wildman–Crippen MR) is 127 cm³/mol. The molecule has 0 bridgehead atoms. The van der Waals surface area contributed by atoms with Crippen LogP contribution in [0.2, 0.25) is 0 Å². The Morgan fingerprint density at radius 1 is 1.03 bits per heavy atom. The molecule has 2 aromatic carbocycles. The molecule has 9 nitrogen and oxygen atoms in total. The van der Waals surface area contributed by atoms with Crippen molar-refractivity contribution in [2.24, 2.45) is 0 Å². The molecule has 0 atom stereocenters. The highest BCUT2D eigenvalue weighted by Crippen LogP contribution is 2.30. The molecule has 0 unspecified atom stereocenters. The number of H-pyrrole nitrogens is 1. The summed E-state index contributed by atoms with van der Waals surface area (Å²) in [5.74, 6) is 1.31. The first-order valence-corrected chi connectivity index (χ1v) is 11.0. The van der Waals surface area contributed by atoms with E-state index in [1.165, 1.54) is 0 Å². The smallest absolute Gasteiger partial charge is 0.329 e. The van der Waals surface area contributed by atoms with E-state index in [1.807, 2.05) is 13.8 Å². The lowest BCUT2D eigenvalue weighted by atomic mass is 10.1. The van der Waals surface area contributed by atoms with Crippen molar-refractivity contribution in [3.8, 4) is 11.5 Å². The predicted octanol–water partition coefficient (Wildman–Crippen LogP) is 3.06. The maximum Gasteiger partial charge on any atom is 0.329 e. The van der Waals surface area contributed by atoms with Gasteiger partial charge < -0.3 is 24.2 Å². The lowest BCUT2D eigenvalue weighted by Crippen LogP contribution is -2.35. The molecule has 0 saturated carbocycles. The Hall–Kier alpha value is -4.27. The molecule has 2 aromatic heterocycles. The van der Waals surface area contributed by atoms with Gasteiger partial charge in [-0.1, -0.05) is 12.1 Å². The first kappa shape index (κ1) is 22.9. The summed E-state index contributed by atoms with van der Waals surface area (Å²) >= 11 is 0. The number of rotatable bonds is 9. The SMILES string of the molecule is CCOc1cc2[nH]c(=O)n(Cc3ccc(C(=O)NCc4ccco4)cc3)c(=O)c2cc1OCC. The quantitative estimate of drug-likeness (QED) is 0.394. The molecular formula is C25H25N3O6. The third kappa shape index (κ3) is 4.88. The number of hydrogen-bond acceptors (Lipinski definition) is 6. The normalized spacial score (nSPS) is 10.9. The highest BCUT2D eigenvalue weighted by atomic mass is 16.5. The van der Waals surface area contributed by atoms with Gasteiger partial charge in [-0.3, -0.25) is 14.2 Å². The first-order valence-electron chi connectivity index (χ1n) is 11.0. The van der Waals surface area contributed by atoms with E-state index >= 15 is 0 Å². The summed E-state index contributed by atoms with van der Waals surface area (Å²) in [5, 5.41) is 3.09. The van der Waals surface area contributed by atoms with Gasteiger partial charge >= 0.3 is 5.69 Å². The number of carbonyl (C=O) groups is 1.